The van der Waals surface area contributed by atoms with Crippen molar-refractivity contribution < 1.29 is 14.3 Å². The van der Waals surface area contributed by atoms with Crippen LogP contribution in [0.2, 0.25) is 0 Å². The molecule has 5 heteroatoms. The second-order valence-corrected chi connectivity index (χ2v) is 6.70. The molecule has 116 valence electrons. The molecule has 1 aliphatic rings. The average Bonchev–Trinajstić information content (AvgIpc) is 2.45. The molecule has 1 aliphatic heterocycles. The third-order valence-corrected chi connectivity index (χ3v) is 4.04. The summed E-state index contributed by atoms with van der Waals surface area (Å²) >= 11 is 6.30. The number of hydrogen-bond acceptors (Lipinski definition) is 3. The SMILES string of the molecule is COC(=O)N(CC1OCC(Cl)c2ccccc21)C(C)(C)C. The van der Waals surface area contributed by atoms with Crippen LogP contribution in [0, 0.1) is 0 Å². The van der Waals surface area contributed by atoms with E-state index < -0.39 is 0 Å². The Kier molecular flexibility index (Phi) is 4.79. The summed E-state index contributed by atoms with van der Waals surface area (Å²) in [5.74, 6) is 0. The fourth-order valence-electron chi connectivity index (χ4n) is 2.52. The van der Waals surface area contributed by atoms with Gasteiger partial charge < -0.3 is 14.4 Å². The number of hydrogen-bond donors (Lipinski definition) is 0. The molecular formula is C16H22ClNO3. The Balaban J connectivity index is 2.26. The summed E-state index contributed by atoms with van der Waals surface area (Å²) in [5, 5.41) is -0.140. The number of benzene rings is 1. The number of amides is 1. The molecule has 1 amide bonds. The van der Waals surface area contributed by atoms with E-state index >= 15 is 0 Å². The molecule has 0 bridgehead atoms. The van der Waals surface area contributed by atoms with Gasteiger partial charge >= 0.3 is 6.09 Å². The highest BCUT2D eigenvalue weighted by Gasteiger charge is 2.34. The van der Waals surface area contributed by atoms with Crippen molar-refractivity contribution in [2.45, 2.75) is 37.8 Å². The first-order valence-corrected chi connectivity index (χ1v) is 7.48. The van der Waals surface area contributed by atoms with Gasteiger partial charge in [0.15, 0.2) is 0 Å². The van der Waals surface area contributed by atoms with Crippen molar-refractivity contribution in [1.29, 1.82) is 0 Å². The summed E-state index contributed by atoms with van der Waals surface area (Å²) in [7, 11) is 1.39. The first-order valence-electron chi connectivity index (χ1n) is 7.04. The van der Waals surface area contributed by atoms with Crippen LogP contribution in [0.25, 0.3) is 0 Å². The molecule has 2 unspecified atom stereocenters. The Morgan fingerprint density at radius 3 is 2.57 bits per heavy atom. The number of rotatable bonds is 2. The first-order chi connectivity index (χ1) is 9.84. The maximum Gasteiger partial charge on any atom is 0.410 e. The Bertz CT molecular complexity index is 512. The van der Waals surface area contributed by atoms with Gasteiger partial charge in [-0.1, -0.05) is 24.3 Å². The van der Waals surface area contributed by atoms with Crippen molar-refractivity contribution in [3.05, 3.63) is 35.4 Å². The molecule has 21 heavy (non-hydrogen) atoms. The summed E-state index contributed by atoms with van der Waals surface area (Å²) in [6.45, 7) is 6.81. The lowest BCUT2D eigenvalue weighted by Crippen LogP contribution is -2.48. The quantitative estimate of drug-likeness (QED) is 0.777. The van der Waals surface area contributed by atoms with Gasteiger partial charge in [-0.3, -0.25) is 0 Å². The molecule has 0 spiro atoms. The summed E-state index contributed by atoms with van der Waals surface area (Å²) < 4.78 is 10.8. The molecule has 0 saturated heterocycles. The highest BCUT2D eigenvalue weighted by molar-refractivity contribution is 6.21. The lowest BCUT2D eigenvalue weighted by atomic mass is 9.96. The van der Waals surface area contributed by atoms with Crippen molar-refractivity contribution in [3.8, 4) is 0 Å². The maximum atomic E-state index is 12.0. The summed E-state index contributed by atoms with van der Waals surface area (Å²) in [6.07, 6.45) is -0.536. The minimum atomic E-state index is -0.350. The van der Waals surface area contributed by atoms with Gasteiger partial charge in [-0.05, 0) is 31.9 Å². The molecule has 0 fully saturated rings. The largest absolute Gasteiger partial charge is 0.453 e. The number of carbonyl (C=O) groups is 1. The van der Waals surface area contributed by atoms with E-state index in [-0.39, 0.29) is 23.1 Å². The smallest absolute Gasteiger partial charge is 0.410 e. The number of fused-ring (bicyclic) bond motifs is 1. The zero-order valence-electron chi connectivity index (χ0n) is 12.9. The second-order valence-electron chi connectivity index (χ2n) is 6.17. The normalized spacial score (nSPS) is 21.6. The van der Waals surface area contributed by atoms with E-state index in [0.717, 1.165) is 11.1 Å². The molecule has 2 atom stereocenters. The highest BCUT2D eigenvalue weighted by atomic mass is 35.5. The molecule has 4 nitrogen and oxygen atoms in total. The lowest BCUT2D eigenvalue weighted by Gasteiger charge is -2.38. The zero-order chi connectivity index (χ0) is 15.6. The van der Waals surface area contributed by atoms with Crippen molar-refractivity contribution in [1.82, 2.24) is 4.90 Å². The van der Waals surface area contributed by atoms with Crippen molar-refractivity contribution >= 4 is 17.7 Å². The van der Waals surface area contributed by atoms with E-state index in [0.29, 0.717) is 13.2 Å². The van der Waals surface area contributed by atoms with Crippen molar-refractivity contribution in [2.75, 3.05) is 20.3 Å². The van der Waals surface area contributed by atoms with Gasteiger partial charge in [-0.15, -0.1) is 11.6 Å². The number of methoxy groups -OCH3 is 1. The van der Waals surface area contributed by atoms with Crippen LogP contribution < -0.4 is 0 Å². The summed E-state index contributed by atoms with van der Waals surface area (Å²) in [4.78, 5) is 13.7. The molecular weight excluding hydrogens is 290 g/mol. The predicted octanol–water partition coefficient (Wildman–Crippen LogP) is 3.90. The molecule has 0 aromatic heterocycles. The maximum absolute atomic E-state index is 12.0. The minimum absolute atomic E-state index is 0.140. The standard InChI is InChI=1S/C16H22ClNO3/c1-16(2,3)18(15(19)20-4)9-14-12-8-6-5-7-11(12)13(17)10-21-14/h5-8,13-14H,9-10H2,1-4H3. The Morgan fingerprint density at radius 2 is 2.00 bits per heavy atom. The molecule has 1 aromatic rings. The number of carbonyl (C=O) groups excluding carboxylic acids is 1. The molecule has 1 aromatic carbocycles. The molecule has 2 rings (SSSR count). The van der Waals surface area contributed by atoms with E-state index in [2.05, 4.69) is 0 Å². The van der Waals surface area contributed by atoms with Gasteiger partial charge in [-0.25, -0.2) is 4.79 Å². The van der Waals surface area contributed by atoms with Gasteiger partial charge in [0.2, 0.25) is 0 Å². The van der Waals surface area contributed by atoms with Gasteiger partial charge in [0.25, 0.3) is 0 Å². The Hall–Kier alpha value is -1.26. The van der Waals surface area contributed by atoms with Crippen LogP contribution in [0.3, 0.4) is 0 Å². The van der Waals surface area contributed by atoms with Crippen molar-refractivity contribution in [3.63, 3.8) is 0 Å². The number of nitrogens with zero attached hydrogens (tertiary/aromatic N) is 1. The number of alkyl halides is 1. The predicted molar refractivity (Wildman–Crippen MR) is 82.6 cm³/mol. The minimum Gasteiger partial charge on any atom is -0.453 e. The molecule has 0 aliphatic carbocycles. The summed E-state index contributed by atoms with van der Waals surface area (Å²) in [5.41, 5.74) is 1.78. The van der Waals surface area contributed by atoms with Gasteiger partial charge in [0.1, 0.15) is 6.10 Å². The average molecular weight is 312 g/mol. The van der Waals surface area contributed by atoms with E-state index in [4.69, 9.17) is 21.1 Å². The van der Waals surface area contributed by atoms with E-state index in [1.807, 2.05) is 45.0 Å². The van der Waals surface area contributed by atoms with Crippen LogP contribution in [-0.2, 0) is 9.47 Å². The van der Waals surface area contributed by atoms with Gasteiger partial charge in [0.05, 0.1) is 25.6 Å². The van der Waals surface area contributed by atoms with E-state index in [9.17, 15) is 4.79 Å². The zero-order valence-corrected chi connectivity index (χ0v) is 13.7. The van der Waals surface area contributed by atoms with Crippen LogP contribution in [0.5, 0.6) is 0 Å². The topological polar surface area (TPSA) is 38.8 Å². The monoisotopic (exact) mass is 311 g/mol. The highest BCUT2D eigenvalue weighted by Crippen LogP contribution is 2.37. The number of halogens is 1. The van der Waals surface area contributed by atoms with Gasteiger partial charge in [0, 0.05) is 5.54 Å². The third-order valence-electron chi connectivity index (χ3n) is 3.68. The molecule has 0 radical (unpaired) electrons. The van der Waals surface area contributed by atoms with Gasteiger partial charge in [-0.2, -0.15) is 0 Å². The van der Waals surface area contributed by atoms with E-state index in [1.165, 1.54) is 7.11 Å². The van der Waals surface area contributed by atoms with Crippen molar-refractivity contribution in [2.24, 2.45) is 0 Å². The van der Waals surface area contributed by atoms with Crippen LogP contribution >= 0.6 is 11.6 Å². The fraction of sp³-hybridized carbons (Fsp3) is 0.562. The van der Waals surface area contributed by atoms with E-state index in [1.54, 1.807) is 4.90 Å². The molecule has 0 N–H and O–H groups in total. The first kappa shape index (κ1) is 16.1. The van der Waals surface area contributed by atoms with Crippen LogP contribution in [0.4, 0.5) is 4.79 Å². The van der Waals surface area contributed by atoms with Crippen LogP contribution in [0.1, 0.15) is 43.4 Å². The number of ether oxygens (including phenoxy) is 2. The van der Waals surface area contributed by atoms with Crippen LogP contribution in [-0.4, -0.2) is 36.8 Å². The summed E-state index contributed by atoms with van der Waals surface area (Å²) in [6, 6.07) is 7.96. The Labute approximate surface area is 131 Å². The third kappa shape index (κ3) is 3.50. The lowest BCUT2D eigenvalue weighted by molar-refractivity contribution is -0.00548. The van der Waals surface area contributed by atoms with Crippen LogP contribution in [0.15, 0.2) is 24.3 Å². The second kappa shape index (κ2) is 6.24. The molecule has 0 saturated carbocycles. The fourth-order valence-corrected chi connectivity index (χ4v) is 2.79. The Morgan fingerprint density at radius 1 is 1.38 bits per heavy atom. The molecule has 1 heterocycles.